The normalized spacial score (nSPS) is 17.9. The summed E-state index contributed by atoms with van der Waals surface area (Å²) >= 11 is 6.27. The number of aromatic nitrogens is 1. The first-order chi connectivity index (χ1) is 10.3. The molecule has 0 aliphatic carbocycles. The van der Waals surface area contributed by atoms with E-state index in [0.29, 0.717) is 50.2 Å². The third kappa shape index (κ3) is 2.00. The maximum absolute atomic E-state index is 12.8. The van der Waals surface area contributed by atoms with E-state index < -0.39 is 0 Å². The Morgan fingerprint density at radius 2 is 1.95 bits per heavy atom. The summed E-state index contributed by atoms with van der Waals surface area (Å²) in [7, 11) is 0. The Balaban J connectivity index is 1.84. The van der Waals surface area contributed by atoms with Crippen LogP contribution in [0, 0.1) is 0 Å². The van der Waals surface area contributed by atoms with E-state index in [1.54, 1.807) is 0 Å². The maximum atomic E-state index is 12.8. The summed E-state index contributed by atoms with van der Waals surface area (Å²) < 4.78 is 13.0. The minimum Gasteiger partial charge on any atom is -0.490 e. The number of halogens is 1. The molecule has 2 aliphatic rings. The van der Waals surface area contributed by atoms with Gasteiger partial charge < -0.3 is 18.9 Å². The second-order valence-corrected chi connectivity index (χ2v) is 5.65. The van der Waals surface area contributed by atoms with Crippen molar-refractivity contribution in [2.45, 2.75) is 6.54 Å². The highest BCUT2D eigenvalue weighted by Crippen LogP contribution is 2.36. The van der Waals surface area contributed by atoms with Crippen LogP contribution >= 0.6 is 11.6 Å². The molecule has 0 unspecified atom stereocenters. The maximum Gasteiger partial charge on any atom is 0.270 e. The van der Waals surface area contributed by atoms with Gasteiger partial charge in [-0.3, -0.25) is 4.79 Å². The summed E-state index contributed by atoms with van der Waals surface area (Å²) in [5.74, 6) is 0.833. The van der Waals surface area contributed by atoms with E-state index in [-0.39, 0.29) is 5.91 Å². The van der Waals surface area contributed by atoms with E-state index in [2.05, 4.69) is 0 Å². The van der Waals surface area contributed by atoms with Crippen LogP contribution in [0.5, 0.6) is 5.75 Å². The fourth-order valence-corrected chi connectivity index (χ4v) is 3.22. The molecule has 1 amide bonds. The zero-order valence-electron chi connectivity index (χ0n) is 11.5. The smallest absolute Gasteiger partial charge is 0.270 e. The summed E-state index contributed by atoms with van der Waals surface area (Å²) in [6.45, 7) is 3.71. The molecule has 1 aromatic carbocycles. The standard InChI is InChI=1S/C15H15ClN2O3/c16-11-1-2-13-14-10(11)9-12(18(14)5-8-21-13)15(19)17-3-6-20-7-4-17/h1-2,9H,3-8H2. The number of morpholine rings is 1. The van der Waals surface area contributed by atoms with Gasteiger partial charge in [-0.05, 0) is 18.2 Å². The van der Waals surface area contributed by atoms with Crippen molar-refractivity contribution in [1.82, 2.24) is 9.47 Å². The highest BCUT2D eigenvalue weighted by Gasteiger charge is 2.26. The van der Waals surface area contributed by atoms with Crippen molar-refractivity contribution >= 4 is 28.4 Å². The lowest BCUT2D eigenvalue weighted by Gasteiger charge is -2.27. The zero-order valence-corrected chi connectivity index (χ0v) is 12.2. The molecule has 0 N–H and O–H groups in total. The first-order valence-corrected chi connectivity index (χ1v) is 7.45. The van der Waals surface area contributed by atoms with Gasteiger partial charge in [0.25, 0.3) is 5.91 Å². The van der Waals surface area contributed by atoms with Gasteiger partial charge in [-0.2, -0.15) is 0 Å². The van der Waals surface area contributed by atoms with E-state index in [9.17, 15) is 4.79 Å². The highest BCUT2D eigenvalue weighted by molar-refractivity contribution is 6.36. The van der Waals surface area contributed by atoms with Crippen LogP contribution in [0.1, 0.15) is 10.5 Å². The molecule has 1 saturated heterocycles. The van der Waals surface area contributed by atoms with Gasteiger partial charge in [0.05, 0.1) is 30.3 Å². The average Bonchev–Trinajstić information content (AvgIpc) is 2.93. The lowest BCUT2D eigenvalue weighted by Crippen LogP contribution is -2.41. The SMILES string of the molecule is O=C(c1cc2c(Cl)ccc3c2n1CCO3)N1CCOCC1. The van der Waals surface area contributed by atoms with Gasteiger partial charge in [0, 0.05) is 18.5 Å². The third-order valence-corrected chi connectivity index (χ3v) is 4.39. The van der Waals surface area contributed by atoms with Crippen LogP contribution in [0.4, 0.5) is 0 Å². The fourth-order valence-electron chi connectivity index (χ4n) is 3.02. The lowest BCUT2D eigenvalue weighted by molar-refractivity contribution is 0.0295. The number of rotatable bonds is 1. The highest BCUT2D eigenvalue weighted by atomic mass is 35.5. The number of hydrogen-bond acceptors (Lipinski definition) is 3. The van der Waals surface area contributed by atoms with Crippen molar-refractivity contribution in [3.8, 4) is 5.75 Å². The molecule has 0 saturated carbocycles. The summed E-state index contributed by atoms with van der Waals surface area (Å²) in [6, 6.07) is 5.56. The van der Waals surface area contributed by atoms with Crippen LogP contribution in [0.2, 0.25) is 5.02 Å². The van der Waals surface area contributed by atoms with Crippen LogP contribution in [0.3, 0.4) is 0 Å². The van der Waals surface area contributed by atoms with Crippen molar-refractivity contribution in [3.63, 3.8) is 0 Å². The Morgan fingerprint density at radius 3 is 2.76 bits per heavy atom. The molecule has 1 aromatic heterocycles. The van der Waals surface area contributed by atoms with Gasteiger partial charge in [-0.25, -0.2) is 0 Å². The Bertz CT molecular complexity index is 719. The summed E-state index contributed by atoms with van der Waals surface area (Å²) in [5, 5.41) is 1.53. The minimum absolute atomic E-state index is 0.0402. The molecule has 2 aliphatic heterocycles. The van der Waals surface area contributed by atoms with Crippen molar-refractivity contribution in [1.29, 1.82) is 0 Å². The van der Waals surface area contributed by atoms with E-state index in [4.69, 9.17) is 21.1 Å². The van der Waals surface area contributed by atoms with Gasteiger partial charge in [0.15, 0.2) is 0 Å². The third-order valence-electron chi connectivity index (χ3n) is 4.06. The summed E-state index contributed by atoms with van der Waals surface area (Å²) in [4.78, 5) is 14.6. The van der Waals surface area contributed by atoms with E-state index in [0.717, 1.165) is 16.7 Å². The number of benzene rings is 1. The summed E-state index contributed by atoms with van der Waals surface area (Å²) in [6.07, 6.45) is 0. The molecule has 21 heavy (non-hydrogen) atoms. The quantitative estimate of drug-likeness (QED) is 0.811. The Hall–Kier alpha value is -1.72. The van der Waals surface area contributed by atoms with Gasteiger partial charge in [-0.1, -0.05) is 11.6 Å². The molecule has 3 heterocycles. The predicted octanol–water partition coefficient (Wildman–Crippen LogP) is 2.16. The Kier molecular flexibility index (Phi) is 3.05. The van der Waals surface area contributed by atoms with E-state index >= 15 is 0 Å². The number of carbonyl (C=O) groups is 1. The minimum atomic E-state index is 0.0402. The van der Waals surface area contributed by atoms with Gasteiger partial charge >= 0.3 is 0 Å². The molecule has 0 atom stereocenters. The molecule has 4 rings (SSSR count). The van der Waals surface area contributed by atoms with Gasteiger partial charge in [0.1, 0.15) is 18.1 Å². The van der Waals surface area contributed by atoms with Crippen molar-refractivity contribution in [2.24, 2.45) is 0 Å². The summed E-state index contributed by atoms with van der Waals surface area (Å²) in [5.41, 5.74) is 1.61. The molecule has 5 nitrogen and oxygen atoms in total. The van der Waals surface area contributed by atoms with Crippen LogP contribution < -0.4 is 4.74 Å². The molecule has 6 heteroatoms. The number of ether oxygens (including phenoxy) is 2. The molecule has 110 valence electrons. The molecule has 2 aromatic rings. The van der Waals surface area contributed by atoms with Crippen LogP contribution in [0.15, 0.2) is 18.2 Å². The number of nitrogens with zero attached hydrogens (tertiary/aromatic N) is 2. The van der Waals surface area contributed by atoms with Gasteiger partial charge in [-0.15, -0.1) is 0 Å². The number of hydrogen-bond donors (Lipinski definition) is 0. The Morgan fingerprint density at radius 1 is 1.14 bits per heavy atom. The molecule has 0 radical (unpaired) electrons. The lowest BCUT2D eigenvalue weighted by atomic mass is 10.2. The monoisotopic (exact) mass is 306 g/mol. The molecular weight excluding hydrogens is 292 g/mol. The predicted molar refractivity (Wildman–Crippen MR) is 79.2 cm³/mol. The average molecular weight is 307 g/mol. The number of amides is 1. The second-order valence-electron chi connectivity index (χ2n) is 5.24. The van der Waals surface area contributed by atoms with Crippen LogP contribution in [-0.2, 0) is 11.3 Å². The Labute approximate surface area is 127 Å². The molecule has 0 spiro atoms. The van der Waals surface area contributed by atoms with Crippen molar-refractivity contribution in [3.05, 3.63) is 28.9 Å². The van der Waals surface area contributed by atoms with E-state index in [1.165, 1.54) is 0 Å². The van der Waals surface area contributed by atoms with Gasteiger partial charge in [0.2, 0.25) is 0 Å². The van der Waals surface area contributed by atoms with Crippen LogP contribution in [-0.4, -0.2) is 48.3 Å². The zero-order chi connectivity index (χ0) is 14.4. The molecular formula is C15H15ClN2O3. The number of carbonyl (C=O) groups excluding carboxylic acids is 1. The van der Waals surface area contributed by atoms with Crippen molar-refractivity contribution in [2.75, 3.05) is 32.9 Å². The molecule has 0 bridgehead atoms. The van der Waals surface area contributed by atoms with E-state index in [1.807, 2.05) is 27.7 Å². The molecule has 1 fully saturated rings. The largest absolute Gasteiger partial charge is 0.490 e. The van der Waals surface area contributed by atoms with Crippen LogP contribution in [0.25, 0.3) is 10.9 Å². The van der Waals surface area contributed by atoms with Crippen molar-refractivity contribution < 1.29 is 14.3 Å². The topological polar surface area (TPSA) is 43.7 Å². The first kappa shape index (κ1) is 13.0. The fraction of sp³-hybridized carbons (Fsp3) is 0.400. The first-order valence-electron chi connectivity index (χ1n) is 7.07. The second kappa shape index (κ2) is 4.93.